The summed E-state index contributed by atoms with van der Waals surface area (Å²) in [5.74, 6) is -1.42. The molecule has 0 unspecified atom stereocenters. The van der Waals surface area contributed by atoms with E-state index in [4.69, 9.17) is 9.52 Å². The summed E-state index contributed by atoms with van der Waals surface area (Å²) in [5, 5.41) is 32.8. The van der Waals surface area contributed by atoms with Gasteiger partial charge in [-0.2, -0.15) is 4.98 Å². The van der Waals surface area contributed by atoms with Gasteiger partial charge < -0.3 is 30.0 Å². The molecule has 1 aromatic heterocycles. The minimum absolute atomic E-state index is 0.132. The summed E-state index contributed by atoms with van der Waals surface area (Å²) in [6, 6.07) is 7.96. The summed E-state index contributed by atoms with van der Waals surface area (Å²) in [7, 11) is 0. The summed E-state index contributed by atoms with van der Waals surface area (Å²) < 4.78 is 5.84. The third-order valence-electron chi connectivity index (χ3n) is 6.03. The van der Waals surface area contributed by atoms with Crippen molar-refractivity contribution in [1.82, 2.24) is 10.3 Å². The minimum Gasteiger partial charge on any atom is -0.423 e. The number of hydrogen-bond donors (Lipinski definition) is 4. The number of benzene rings is 1. The van der Waals surface area contributed by atoms with Gasteiger partial charge in [-0.05, 0) is 24.0 Å². The van der Waals surface area contributed by atoms with E-state index < -0.39 is 18.1 Å². The first-order valence-corrected chi connectivity index (χ1v) is 9.36. The van der Waals surface area contributed by atoms with Crippen LogP contribution in [-0.4, -0.2) is 64.7 Å². The van der Waals surface area contributed by atoms with Crippen LogP contribution in [0, 0.1) is 23.7 Å². The molecule has 1 saturated heterocycles. The van der Waals surface area contributed by atoms with Crippen molar-refractivity contribution in [3.05, 3.63) is 24.3 Å². The lowest BCUT2D eigenvalue weighted by atomic mass is 9.65. The van der Waals surface area contributed by atoms with Gasteiger partial charge >= 0.3 is 0 Å². The second-order valence-electron chi connectivity index (χ2n) is 7.58. The van der Waals surface area contributed by atoms with Crippen molar-refractivity contribution in [1.29, 1.82) is 0 Å². The van der Waals surface area contributed by atoms with Gasteiger partial charge in [-0.3, -0.25) is 4.79 Å². The van der Waals surface area contributed by atoms with Crippen LogP contribution in [0.4, 0.5) is 6.01 Å². The lowest BCUT2D eigenvalue weighted by molar-refractivity contribution is -0.145. The highest BCUT2D eigenvalue weighted by Gasteiger charge is 2.54. The SMILES string of the molecule is C[C@H]1[C@H](O)[C@@H](O)[C@H]2CN(c3nc4ccccc4o3)C[C@@H]2[C@H]1C(=O)NCCO. The van der Waals surface area contributed by atoms with Gasteiger partial charge in [-0.15, -0.1) is 0 Å². The Morgan fingerprint density at radius 2 is 2.00 bits per heavy atom. The number of para-hydroxylation sites is 2. The molecule has 0 radical (unpaired) electrons. The number of amides is 1. The average Bonchev–Trinajstić information content (AvgIpc) is 3.29. The number of anilines is 1. The van der Waals surface area contributed by atoms with Gasteiger partial charge in [-0.1, -0.05) is 19.1 Å². The zero-order chi connectivity index (χ0) is 19.1. The summed E-state index contributed by atoms with van der Waals surface area (Å²) in [6.07, 6.45) is -1.87. The summed E-state index contributed by atoms with van der Waals surface area (Å²) in [4.78, 5) is 19.1. The Morgan fingerprint density at radius 3 is 2.74 bits per heavy atom. The van der Waals surface area contributed by atoms with Crippen LogP contribution in [0.15, 0.2) is 28.7 Å². The highest BCUT2D eigenvalue weighted by molar-refractivity contribution is 5.80. The molecular weight excluding hydrogens is 350 g/mol. The smallest absolute Gasteiger partial charge is 0.298 e. The van der Waals surface area contributed by atoms with Crippen LogP contribution in [0.2, 0.25) is 0 Å². The summed E-state index contributed by atoms with van der Waals surface area (Å²) in [5.41, 5.74) is 1.45. The van der Waals surface area contributed by atoms with Crippen LogP contribution in [-0.2, 0) is 4.79 Å². The number of carbonyl (C=O) groups is 1. The van der Waals surface area contributed by atoms with Gasteiger partial charge in [0, 0.05) is 31.5 Å². The highest BCUT2D eigenvalue weighted by atomic mass is 16.4. The number of fused-ring (bicyclic) bond motifs is 2. The Morgan fingerprint density at radius 1 is 1.26 bits per heavy atom. The van der Waals surface area contributed by atoms with E-state index in [1.54, 1.807) is 6.92 Å². The molecule has 27 heavy (non-hydrogen) atoms. The maximum atomic E-state index is 12.7. The van der Waals surface area contributed by atoms with E-state index in [-0.39, 0.29) is 36.8 Å². The number of nitrogens with zero attached hydrogens (tertiary/aromatic N) is 2. The van der Waals surface area contributed by atoms with E-state index in [1.165, 1.54) is 0 Å². The molecule has 8 heteroatoms. The second-order valence-corrected chi connectivity index (χ2v) is 7.58. The van der Waals surface area contributed by atoms with Crippen LogP contribution >= 0.6 is 0 Å². The van der Waals surface area contributed by atoms with Crippen molar-refractivity contribution in [2.24, 2.45) is 23.7 Å². The molecule has 1 aromatic carbocycles. The van der Waals surface area contributed by atoms with E-state index in [2.05, 4.69) is 10.3 Å². The number of rotatable bonds is 4. The molecule has 2 aliphatic rings. The molecule has 2 heterocycles. The third kappa shape index (κ3) is 3.07. The third-order valence-corrected chi connectivity index (χ3v) is 6.03. The molecule has 2 fully saturated rings. The Hall–Kier alpha value is -2.16. The number of aliphatic hydroxyl groups is 3. The number of aliphatic hydroxyl groups excluding tert-OH is 3. The molecule has 1 amide bonds. The molecule has 8 nitrogen and oxygen atoms in total. The van der Waals surface area contributed by atoms with Crippen molar-refractivity contribution in [3.63, 3.8) is 0 Å². The maximum Gasteiger partial charge on any atom is 0.298 e. The predicted octanol–water partition coefficient (Wildman–Crippen LogP) is -0.0236. The Bertz CT molecular complexity index is 792. The van der Waals surface area contributed by atoms with Crippen LogP contribution in [0.1, 0.15) is 6.92 Å². The molecule has 2 aromatic rings. The molecule has 0 spiro atoms. The Kier molecular flexibility index (Phi) is 4.79. The van der Waals surface area contributed by atoms with Crippen molar-refractivity contribution < 1.29 is 24.5 Å². The molecule has 4 rings (SSSR count). The average molecular weight is 375 g/mol. The molecular formula is C19H25N3O5. The number of aromatic nitrogens is 1. The fourth-order valence-electron chi connectivity index (χ4n) is 4.64. The second kappa shape index (κ2) is 7.10. The quantitative estimate of drug-likeness (QED) is 0.593. The van der Waals surface area contributed by atoms with Gasteiger partial charge in [0.1, 0.15) is 5.52 Å². The number of carbonyl (C=O) groups excluding carboxylic acids is 1. The van der Waals surface area contributed by atoms with Gasteiger partial charge in [0.15, 0.2) is 5.58 Å². The highest BCUT2D eigenvalue weighted by Crippen LogP contribution is 2.44. The summed E-state index contributed by atoms with van der Waals surface area (Å²) in [6.45, 7) is 2.80. The van der Waals surface area contributed by atoms with Crippen LogP contribution in [0.5, 0.6) is 0 Å². The van der Waals surface area contributed by atoms with Gasteiger partial charge in [0.25, 0.3) is 6.01 Å². The standard InChI is InChI=1S/C19H25N3O5/c1-10-15(18(26)20-6-7-23)11-8-22(9-12(11)17(25)16(10)24)19-21-13-4-2-3-5-14(13)27-19/h2-5,10-12,15-17,23-25H,6-9H2,1H3,(H,20,26)/t10-,11+,12+,15+,16+,17+/m1/s1. The topological polar surface area (TPSA) is 119 Å². The van der Waals surface area contributed by atoms with Crippen LogP contribution in [0.3, 0.4) is 0 Å². The van der Waals surface area contributed by atoms with Gasteiger partial charge in [0.05, 0.1) is 18.8 Å². The zero-order valence-electron chi connectivity index (χ0n) is 15.2. The van der Waals surface area contributed by atoms with Crippen molar-refractivity contribution in [3.8, 4) is 0 Å². The molecule has 146 valence electrons. The molecule has 0 bridgehead atoms. The normalized spacial score (nSPS) is 33.3. The lowest BCUT2D eigenvalue weighted by Gasteiger charge is -2.43. The molecule has 6 atom stereocenters. The summed E-state index contributed by atoms with van der Waals surface area (Å²) >= 11 is 0. The fraction of sp³-hybridized carbons (Fsp3) is 0.579. The zero-order valence-corrected chi connectivity index (χ0v) is 15.2. The number of nitrogens with one attached hydrogen (secondary N) is 1. The molecule has 1 aliphatic carbocycles. The van der Waals surface area contributed by atoms with Crippen molar-refractivity contribution in [2.45, 2.75) is 19.1 Å². The monoisotopic (exact) mass is 375 g/mol. The Labute approximate surface area is 156 Å². The molecule has 1 aliphatic heterocycles. The van der Waals surface area contributed by atoms with E-state index in [9.17, 15) is 15.0 Å². The van der Waals surface area contributed by atoms with Crippen LogP contribution in [0.25, 0.3) is 11.1 Å². The van der Waals surface area contributed by atoms with E-state index in [1.807, 2.05) is 29.2 Å². The van der Waals surface area contributed by atoms with Crippen molar-refractivity contribution >= 4 is 23.0 Å². The number of hydrogen-bond acceptors (Lipinski definition) is 7. The largest absolute Gasteiger partial charge is 0.423 e. The maximum absolute atomic E-state index is 12.7. The number of oxazole rings is 1. The Balaban J connectivity index is 1.61. The van der Waals surface area contributed by atoms with E-state index >= 15 is 0 Å². The first kappa shape index (κ1) is 18.2. The molecule has 1 saturated carbocycles. The first-order valence-electron chi connectivity index (χ1n) is 9.36. The fourth-order valence-corrected chi connectivity index (χ4v) is 4.64. The van der Waals surface area contributed by atoms with Crippen LogP contribution < -0.4 is 10.2 Å². The first-order chi connectivity index (χ1) is 13.0. The lowest BCUT2D eigenvalue weighted by Crippen LogP contribution is -2.55. The van der Waals surface area contributed by atoms with Gasteiger partial charge in [0.2, 0.25) is 5.91 Å². The molecule has 4 N–H and O–H groups in total. The van der Waals surface area contributed by atoms with E-state index in [0.717, 1.165) is 5.52 Å². The van der Waals surface area contributed by atoms with Crippen molar-refractivity contribution in [2.75, 3.05) is 31.1 Å². The minimum atomic E-state index is -0.972. The predicted molar refractivity (Wildman–Crippen MR) is 98.0 cm³/mol. The van der Waals surface area contributed by atoms with Gasteiger partial charge in [-0.25, -0.2) is 0 Å². The van der Waals surface area contributed by atoms with E-state index in [0.29, 0.717) is 24.7 Å².